The fourth-order valence-corrected chi connectivity index (χ4v) is 5.40. The summed E-state index contributed by atoms with van der Waals surface area (Å²) in [7, 11) is 1.45. The molecular formula is C25H24BrClN2O6. The van der Waals surface area contributed by atoms with Crippen LogP contribution in [0.5, 0.6) is 11.5 Å². The number of benzene rings is 2. The lowest BCUT2D eigenvalue weighted by Crippen LogP contribution is -2.38. The third-order valence-electron chi connectivity index (χ3n) is 6.49. The molecule has 0 saturated carbocycles. The minimum atomic E-state index is -0.701. The molecule has 5 rings (SSSR count). The highest BCUT2D eigenvalue weighted by Crippen LogP contribution is 2.43. The summed E-state index contributed by atoms with van der Waals surface area (Å²) in [5.74, 6) is -0.137. The van der Waals surface area contributed by atoms with Crippen molar-refractivity contribution in [3.05, 3.63) is 66.9 Å². The molecular weight excluding hydrogens is 540 g/mol. The summed E-state index contributed by atoms with van der Waals surface area (Å²) in [6.07, 6.45) is 0.714. The summed E-state index contributed by atoms with van der Waals surface area (Å²) in [5.41, 5.74) is 0.889. The summed E-state index contributed by atoms with van der Waals surface area (Å²) in [4.78, 5) is 31.2. The number of methoxy groups -OCH3 is 1. The molecule has 184 valence electrons. The van der Waals surface area contributed by atoms with Gasteiger partial charge in [0.25, 0.3) is 5.91 Å². The zero-order valence-electron chi connectivity index (χ0n) is 19.1. The molecule has 1 atom stereocenters. The number of nitrogens with zero attached hydrogens (tertiary/aromatic N) is 2. The second-order valence-electron chi connectivity index (χ2n) is 8.58. The number of hydrogen-bond acceptors (Lipinski definition) is 7. The highest BCUT2D eigenvalue weighted by Gasteiger charge is 2.43. The Morgan fingerprint density at radius 3 is 2.69 bits per heavy atom. The van der Waals surface area contributed by atoms with Gasteiger partial charge in [0.1, 0.15) is 5.58 Å². The second-order valence-corrected chi connectivity index (χ2v) is 9.87. The Bertz CT molecular complexity index is 1350. The van der Waals surface area contributed by atoms with Crippen molar-refractivity contribution in [2.45, 2.75) is 12.5 Å². The van der Waals surface area contributed by atoms with Crippen molar-refractivity contribution >= 4 is 44.4 Å². The van der Waals surface area contributed by atoms with Gasteiger partial charge in [0.2, 0.25) is 5.76 Å². The third kappa shape index (κ3) is 4.42. The van der Waals surface area contributed by atoms with E-state index in [9.17, 15) is 14.7 Å². The number of phenolic OH excluding ortho intramolecular Hbond substituents is 1. The first-order valence-corrected chi connectivity index (χ1v) is 12.5. The van der Waals surface area contributed by atoms with E-state index < -0.39 is 6.04 Å². The predicted molar refractivity (Wildman–Crippen MR) is 135 cm³/mol. The first kappa shape index (κ1) is 24.1. The standard InChI is InChI=1S/C25H24BrClN2O6/c1-33-19-12-14(11-17(26)23(19)31)21-20-22(30)16-13-15(27)3-4-18(16)35-24(20)25(32)29(21)6-2-5-28-7-9-34-10-8-28/h3-4,11-13,21,31H,2,5-10H2,1H3/t21-/m0/s1. The smallest absolute Gasteiger partial charge is 0.290 e. The summed E-state index contributed by atoms with van der Waals surface area (Å²) in [5, 5.41) is 11.0. The third-order valence-corrected chi connectivity index (χ3v) is 7.33. The fraction of sp³-hybridized carbons (Fsp3) is 0.360. The lowest BCUT2D eigenvalue weighted by molar-refractivity contribution is 0.0353. The zero-order valence-corrected chi connectivity index (χ0v) is 21.4. The summed E-state index contributed by atoms with van der Waals surface area (Å²) in [6, 6.07) is 7.42. The van der Waals surface area contributed by atoms with Crippen LogP contribution in [-0.4, -0.2) is 67.3 Å². The van der Waals surface area contributed by atoms with Gasteiger partial charge in [-0.25, -0.2) is 0 Å². The topological polar surface area (TPSA) is 92.5 Å². The Balaban J connectivity index is 1.59. The second kappa shape index (κ2) is 9.81. The van der Waals surface area contributed by atoms with Crippen molar-refractivity contribution in [3.63, 3.8) is 0 Å². The van der Waals surface area contributed by atoms with Gasteiger partial charge in [-0.2, -0.15) is 0 Å². The van der Waals surface area contributed by atoms with Gasteiger partial charge in [-0.15, -0.1) is 0 Å². The Morgan fingerprint density at radius 1 is 1.17 bits per heavy atom. The Labute approximate surface area is 215 Å². The maximum Gasteiger partial charge on any atom is 0.290 e. The van der Waals surface area contributed by atoms with Crippen LogP contribution in [0.1, 0.15) is 34.1 Å². The fourth-order valence-electron chi connectivity index (χ4n) is 4.77. The minimum Gasteiger partial charge on any atom is -0.503 e. The molecule has 2 aliphatic rings. The predicted octanol–water partition coefficient (Wildman–Crippen LogP) is 4.19. The molecule has 35 heavy (non-hydrogen) atoms. The molecule has 1 aromatic heterocycles. The van der Waals surface area contributed by atoms with Crippen LogP contribution in [-0.2, 0) is 4.74 Å². The van der Waals surface area contributed by atoms with Gasteiger partial charge in [0.05, 0.1) is 41.8 Å². The van der Waals surface area contributed by atoms with Gasteiger partial charge >= 0.3 is 0 Å². The van der Waals surface area contributed by atoms with E-state index in [2.05, 4.69) is 20.8 Å². The zero-order chi connectivity index (χ0) is 24.7. The van der Waals surface area contributed by atoms with E-state index in [4.69, 9.17) is 25.5 Å². The molecule has 1 saturated heterocycles. The molecule has 8 nitrogen and oxygen atoms in total. The molecule has 0 bridgehead atoms. The largest absolute Gasteiger partial charge is 0.503 e. The number of aromatic hydroxyl groups is 1. The Hall–Kier alpha value is -2.59. The molecule has 3 heterocycles. The molecule has 0 aliphatic carbocycles. The van der Waals surface area contributed by atoms with Crippen LogP contribution in [0.25, 0.3) is 11.0 Å². The van der Waals surface area contributed by atoms with Crippen LogP contribution < -0.4 is 10.2 Å². The minimum absolute atomic E-state index is 0.0318. The van der Waals surface area contributed by atoms with Crippen molar-refractivity contribution < 1.29 is 23.8 Å². The number of fused-ring (bicyclic) bond motifs is 2. The molecule has 10 heteroatoms. The van der Waals surface area contributed by atoms with Crippen LogP contribution in [0.4, 0.5) is 0 Å². The molecule has 0 spiro atoms. The quantitative estimate of drug-likeness (QED) is 0.481. The highest BCUT2D eigenvalue weighted by molar-refractivity contribution is 9.10. The molecule has 1 N–H and O–H groups in total. The van der Waals surface area contributed by atoms with E-state index in [1.807, 2.05) is 0 Å². The van der Waals surface area contributed by atoms with Gasteiger partial charge < -0.3 is 23.9 Å². The lowest BCUT2D eigenvalue weighted by Gasteiger charge is -2.29. The van der Waals surface area contributed by atoms with E-state index in [-0.39, 0.29) is 34.2 Å². The normalized spacial score (nSPS) is 18.3. The van der Waals surface area contributed by atoms with Crippen molar-refractivity contribution in [2.24, 2.45) is 0 Å². The van der Waals surface area contributed by atoms with Gasteiger partial charge in [0, 0.05) is 31.2 Å². The van der Waals surface area contributed by atoms with E-state index in [1.165, 1.54) is 7.11 Å². The number of hydrogen-bond donors (Lipinski definition) is 1. The molecule has 0 unspecified atom stereocenters. The number of rotatable bonds is 6. The number of carbonyl (C=O) groups excluding carboxylic acids is 1. The van der Waals surface area contributed by atoms with Crippen molar-refractivity contribution in [1.29, 1.82) is 0 Å². The Kier molecular flexibility index (Phi) is 6.76. The van der Waals surface area contributed by atoms with Crippen LogP contribution in [0.3, 0.4) is 0 Å². The number of ether oxygens (including phenoxy) is 2. The molecule has 1 fully saturated rings. The van der Waals surface area contributed by atoms with Gasteiger partial charge in [-0.05, 0) is 58.2 Å². The van der Waals surface area contributed by atoms with E-state index in [0.29, 0.717) is 52.2 Å². The number of halogens is 2. The monoisotopic (exact) mass is 562 g/mol. The van der Waals surface area contributed by atoms with E-state index in [0.717, 1.165) is 19.6 Å². The maximum atomic E-state index is 13.7. The van der Waals surface area contributed by atoms with E-state index in [1.54, 1.807) is 35.2 Å². The highest BCUT2D eigenvalue weighted by atomic mass is 79.9. The number of carbonyl (C=O) groups is 1. The van der Waals surface area contributed by atoms with Crippen LogP contribution in [0, 0.1) is 0 Å². The number of phenols is 1. The maximum absolute atomic E-state index is 13.7. The SMILES string of the molecule is COc1cc([C@H]2c3c(oc4ccc(Cl)cc4c3=O)C(=O)N2CCCN2CCOCC2)cc(Br)c1O. The molecule has 2 aromatic carbocycles. The van der Waals surface area contributed by atoms with Crippen molar-refractivity contribution in [2.75, 3.05) is 46.5 Å². The van der Waals surface area contributed by atoms with Gasteiger partial charge in [-0.1, -0.05) is 11.6 Å². The first-order chi connectivity index (χ1) is 16.9. The number of morpholine rings is 1. The molecule has 0 radical (unpaired) electrons. The van der Waals surface area contributed by atoms with Gasteiger partial charge in [0.15, 0.2) is 16.9 Å². The molecule has 3 aromatic rings. The van der Waals surface area contributed by atoms with E-state index >= 15 is 0 Å². The van der Waals surface area contributed by atoms with Crippen LogP contribution >= 0.6 is 27.5 Å². The van der Waals surface area contributed by atoms with Crippen LogP contribution in [0.15, 0.2) is 44.0 Å². The number of amides is 1. The molecule has 2 aliphatic heterocycles. The van der Waals surface area contributed by atoms with Crippen LogP contribution in [0.2, 0.25) is 5.02 Å². The van der Waals surface area contributed by atoms with Crippen molar-refractivity contribution in [1.82, 2.24) is 9.80 Å². The average molecular weight is 564 g/mol. The van der Waals surface area contributed by atoms with Crippen molar-refractivity contribution in [3.8, 4) is 11.5 Å². The first-order valence-electron chi connectivity index (χ1n) is 11.3. The summed E-state index contributed by atoms with van der Waals surface area (Å²) in [6.45, 7) is 4.33. The lowest BCUT2D eigenvalue weighted by atomic mass is 9.98. The average Bonchev–Trinajstić information content (AvgIpc) is 3.14. The van der Waals surface area contributed by atoms with Gasteiger partial charge in [-0.3, -0.25) is 14.5 Å². The Morgan fingerprint density at radius 2 is 1.94 bits per heavy atom. The molecule has 1 amide bonds. The summed E-state index contributed by atoms with van der Waals surface area (Å²) < 4.78 is 17.1. The summed E-state index contributed by atoms with van der Waals surface area (Å²) >= 11 is 9.51.